The lowest BCUT2D eigenvalue weighted by Gasteiger charge is -2.15. The van der Waals surface area contributed by atoms with Crippen LogP contribution in [0.15, 0.2) is 18.2 Å². The number of hydrogen-bond acceptors (Lipinski definition) is 3. The molecule has 1 unspecified atom stereocenters. The van der Waals surface area contributed by atoms with Crippen molar-refractivity contribution >= 4 is 5.97 Å². The largest absolute Gasteiger partial charge is 0.479 e. The van der Waals surface area contributed by atoms with Crippen molar-refractivity contribution in [3.05, 3.63) is 29.6 Å². The van der Waals surface area contributed by atoms with Gasteiger partial charge in [-0.15, -0.1) is 0 Å². The maximum absolute atomic E-state index is 13.5. The predicted octanol–water partition coefficient (Wildman–Crippen LogP) is 1.31. The minimum atomic E-state index is -1.15. The molecule has 0 saturated heterocycles. The Hall–Kier alpha value is -1.62. The number of aliphatic carboxylic acids is 1. The molecule has 4 nitrogen and oxygen atoms in total. The molecule has 0 spiro atoms. The van der Waals surface area contributed by atoms with Gasteiger partial charge in [0.15, 0.2) is 17.7 Å². The maximum atomic E-state index is 13.5. The predicted molar refractivity (Wildman–Crippen MR) is 56.9 cm³/mol. The van der Waals surface area contributed by atoms with E-state index in [4.69, 9.17) is 15.6 Å². The monoisotopic (exact) mass is 227 g/mol. The molecule has 1 atom stereocenters. The Morgan fingerprint density at radius 3 is 2.88 bits per heavy atom. The highest BCUT2D eigenvalue weighted by atomic mass is 19.1. The number of benzene rings is 1. The van der Waals surface area contributed by atoms with Gasteiger partial charge in [-0.3, -0.25) is 0 Å². The zero-order valence-electron chi connectivity index (χ0n) is 8.94. The van der Waals surface area contributed by atoms with Crippen LogP contribution in [0.4, 0.5) is 4.39 Å². The van der Waals surface area contributed by atoms with Gasteiger partial charge in [-0.25, -0.2) is 9.18 Å². The molecule has 1 aromatic carbocycles. The SMILES string of the molecule is Cc1cccc(OC(CCN)C(=O)O)c1F. The molecule has 0 aliphatic carbocycles. The first-order chi connectivity index (χ1) is 7.56. The van der Waals surface area contributed by atoms with Gasteiger partial charge in [0.2, 0.25) is 0 Å². The standard InChI is InChI=1S/C11H14FNO3/c1-7-3-2-4-8(10(7)12)16-9(5-6-13)11(14)15/h2-4,9H,5-6,13H2,1H3,(H,14,15). The van der Waals surface area contributed by atoms with Gasteiger partial charge in [0.25, 0.3) is 0 Å². The molecule has 0 aliphatic rings. The van der Waals surface area contributed by atoms with Crippen molar-refractivity contribution in [1.29, 1.82) is 0 Å². The summed E-state index contributed by atoms with van der Waals surface area (Å²) in [6, 6.07) is 4.59. The van der Waals surface area contributed by atoms with Gasteiger partial charge in [-0.2, -0.15) is 0 Å². The van der Waals surface area contributed by atoms with Crippen LogP contribution >= 0.6 is 0 Å². The van der Waals surface area contributed by atoms with Crippen molar-refractivity contribution in [3.8, 4) is 5.75 Å². The summed E-state index contributed by atoms with van der Waals surface area (Å²) in [6.45, 7) is 1.76. The first-order valence-corrected chi connectivity index (χ1v) is 4.91. The lowest BCUT2D eigenvalue weighted by atomic mass is 10.2. The molecule has 0 bridgehead atoms. The molecule has 0 saturated carbocycles. The molecule has 5 heteroatoms. The van der Waals surface area contributed by atoms with Crippen LogP contribution in [-0.2, 0) is 4.79 Å². The molecule has 0 fully saturated rings. The first kappa shape index (κ1) is 12.4. The Morgan fingerprint density at radius 1 is 1.62 bits per heavy atom. The van der Waals surface area contributed by atoms with Crippen molar-refractivity contribution in [2.45, 2.75) is 19.4 Å². The van der Waals surface area contributed by atoms with Crippen molar-refractivity contribution in [3.63, 3.8) is 0 Å². The lowest BCUT2D eigenvalue weighted by molar-refractivity contribution is -0.145. The number of ether oxygens (including phenoxy) is 1. The molecule has 0 heterocycles. The summed E-state index contributed by atoms with van der Waals surface area (Å²) >= 11 is 0. The van der Waals surface area contributed by atoms with E-state index in [2.05, 4.69) is 0 Å². The van der Waals surface area contributed by atoms with E-state index in [-0.39, 0.29) is 18.7 Å². The second-order valence-electron chi connectivity index (χ2n) is 3.41. The second kappa shape index (κ2) is 5.46. The summed E-state index contributed by atoms with van der Waals surface area (Å²) < 4.78 is 18.6. The average Bonchev–Trinajstić information content (AvgIpc) is 2.23. The van der Waals surface area contributed by atoms with E-state index >= 15 is 0 Å². The van der Waals surface area contributed by atoms with Gasteiger partial charge < -0.3 is 15.6 Å². The number of nitrogens with two attached hydrogens (primary N) is 1. The zero-order valence-corrected chi connectivity index (χ0v) is 8.94. The second-order valence-corrected chi connectivity index (χ2v) is 3.41. The highest BCUT2D eigenvalue weighted by Gasteiger charge is 2.20. The van der Waals surface area contributed by atoms with Gasteiger partial charge in [0, 0.05) is 6.42 Å². The molecular formula is C11H14FNO3. The summed E-state index contributed by atoms with van der Waals surface area (Å²) in [6.07, 6.45) is -0.968. The smallest absolute Gasteiger partial charge is 0.344 e. The van der Waals surface area contributed by atoms with Crippen LogP contribution < -0.4 is 10.5 Å². The van der Waals surface area contributed by atoms with E-state index in [0.29, 0.717) is 5.56 Å². The van der Waals surface area contributed by atoms with Crippen LogP contribution in [0, 0.1) is 12.7 Å². The van der Waals surface area contributed by atoms with E-state index in [1.54, 1.807) is 19.1 Å². The number of hydrogen-bond donors (Lipinski definition) is 2. The molecule has 16 heavy (non-hydrogen) atoms. The third-order valence-corrected chi connectivity index (χ3v) is 2.13. The summed E-state index contributed by atoms with van der Waals surface area (Å²) in [5.74, 6) is -1.74. The van der Waals surface area contributed by atoms with Gasteiger partial charge in [-0.05, 0) is 25.1 Å². The molecule has 1 aromatic rings. The number of halogens is 1. The van der Waals surface area contributed by atoms with E-state index in [9.17, 15) is 9.18 Å². The van der Waals surface area contributed by atoms with Crippen LogP contribution in [0.3, 0.4) is 0 Å². The molecule has 0 aromatic heterocycles. The van der Waals surface area contributed by atoms with Crippen LogP contribution in [0.1, 0.15) is 12.0 Å². The van der Waals surface area contributed by atoms with Gasteiger partial charge in [0.05, 0.1) is 0 Å². The number of aryl methyl sites for hydroxylation is 1. The van der Waals surface area contributed by atoms with Crippen LogP contribution in [0.5, 0.6) is 5.75 Å². The summed E-state index contributed by atoms with van der Waals surface area (Å²) in [5, 5.41) is 8.82. The normalized spacial score (nSPS) is 12.2. The van der Waals surface area contributed by atoms with Crippen molar-refractivity contribution < 1.29 is 19.0 Å². The fourth-order valence-electron chi connectivity index (χ4n) is 1.25. The van der Waals surface area contributed by atoms with E-state index in [1.807, 2.05) is 0 Å². The summed E-state index contributed by atoms with van der Waals surface area (Å²) in [5.41, 5.74) is 5.66. The fourth-order valence-corrected chi connectivity index (χ4v) is 1.25. The third-order valence-electron chi connectivity index (χ3n) is 2.13. The van der Waals surface area contributed by atoms with Crippen LogP contribution in [0.25, 0.3) is 0 Å². The molecule has 3 N–H and O–H groups in total. The molecule has 88 valence electrons. The Bertz CT molecular complexity index is 381. The lowest BCUT2D eigenvalue weighted by Crippen LogP contribution is -2.29. The number of carboxylic acids is 1. The quantitative estimate of drug-likeness (QED) is 0.795. The molecule has 0 amide bonds. The molecule has 0 radical (unpaired) electrons. The van der Waals surface area contributed by atoms with Crippen LogP contribution in [0.2, 0.25) is 0 Å². The maximum Gasteiger partial charge on any atom is 0.344 e. The highest BCUT2D eigenvalue weighted by Crippen LogP contribution is 2.21. The topological polar surface area (TPSA) is 72.5 Å². The fraction of sp³-hybridized carbons (Fsp3) is 0.364. The zero-order chi connectivity index (χ0) is 12.1. The first-order valence-electron chi connectivity index (χ1n) is 4.91. The molecular weight excluding hydrogens is 213 g/mol. The van der Waals surface area contributed by atoms with Crippen molar-refractivity contribution in [1.82, 2.24) is 0 Å². The molecule has 0 aliphatic heterocycles. The van der Waals surface area contributed by atoms with E-state index < -0.39 is 17.9 Å². The van der Waals surface area contributed by atoms with E-state index in [1.165, 1.54) is 6.07 Å². The Balaban J connectivity index is 2.85. The Morgan fingerprint density at radius 2 is 2.31 bits per heavy atom. The van der Waals surface area contributed by atoms with E-state index in [0.717, 1.165) is 0 Å². The van der Waals surface area contributed by atoms with Crippen LogP contribution in [-0.4, -0.2) is 23.7 Å². The Labute approximate surface area is 92.8 Å². The Kier molecular flexibility index (Phi) is 4.25. The minimum absolute atomic E-state index is 0.0548. The average molecular weight is 227 g/mol. The van der Waals surface area contributed by atoms with Crippen molar-refractivity contribution in [2.75, 3.05) is 6.54 Å². The molecule has 1 rings (SSSR count). The number of rotatable bonds is 5. The highest BCUT2D eigenvalue weighted by molar-refractivity contribution is 5.72. The van der Waals surface area contributed by atoms with Gasteiger partial charge in [0.1, 0.15) is 0 Å². The third kappa shape index (κ3) is 2.93. The van der Waals surface area contributed by atoms with Gasteiger partial charge >= 0.3 is 5.97 Å². The minimum Gasteiger partial charge on any atom is -0.479 e. The summed E-state index contributed by atoms with van der Waals surface area (Å²) in [7, 11) is 0. The van der Waals surface area contributed by atoms with Crippen molar-refractivity contribution in [2.24, 2.45) is 5.73 Å². The summed E-state index contributed by atoms with van der Waals surface area (Å²) in [4.78, 5) is 10.8. The number of carboxylic acid groups (broad SMARTS) is 1. The van der Waals surface area contributed by atoms with Gasteiger partial charge in [-0.1, -0.05) is 12.1 Å². The number of carbonyl (C=O) groups is 1.